The molecule has 1 atom stereocenters. The lowest BCUT2D eigenvalue weighted by Crippen LogP contribution is -2.48. The molecule has 1 aliphatic heterocycles. The second-order valence-corrected chi connectivity index (χ2v) is 5.96. The SMILES string of the molecule is CCN1CCC(NC(=O)[C@@H](C)Oc2ccc(F)cc2Cl)CC1. The number of carbonyl (C=O) groups excluding carboxylic acids is 1. The van der Waals surface area contributed by atoms with Crippen LogP contribution in [0.25, 0.3) is 0 Å². The van der Waals surface area contributed by atoms with Crippen molar-refractivity contribution in [2.24, 2.45) is 0 Å². The van der Waals surface area contributed by atoms with E-state index in [2.05, 4.69) is 17.1 Å². The smallest absolute Gasteiger partial charge is 0.260 e. The molecule has 1 amide bonds. The van der Waals surface area contributed by atoms with Gasteiger partial charge in [0.1, 0.15) is 11.6 Å². The molecule has 2 rings (SSSR count). The summed E-state index contributed by atoms with van der Waals surface area (Å²) in [7, 11) is 0. The topological polar surface area (TPSA) is 41.6 Å². The van der Waals surface area contributed by atoms with E-state index in [1.165, 1.54) is 18.2 Å². The number of hydrogen-bond acceptors (Lipinski definition) is 3. The van der Waals surface area contributed by atoms with Gasteiger partial charge in [0.05, 0.1) is 5.02 Å². The summed E-state index contributed by atoms with van der Waals surface area (Å²) in [5, 5.41) is 3.17. The lowest BCUT2D eigenvalue weighted by molar-refractivity contribution is -0.128. The van der Waals surface area contributed by atoms with Crippen molar-refractivity contribution < 1.29 is 13.9 Å². The third-order valence-corrected chi connectivity index (χ3v) is 4.24. The van der Waals surface area contributed by atoms with Crippen LogP contribution in [-0.4, -0.2) is 42.6 Å². The fraction of sp³-hybridized carbons (Fsp3) is 0.562. The fourth-order valence-electron chi connectivity index (χ4n) is 2.53. The normalized spacial score (nSPS) is 18.0. The molecular formula is C16H22ClFN2O2. The molecule has 122 valence electrons. The molecule has 1 heterocycles. The second-order valence-electron chi connectivity index (χ2n) is 5.55. The Morgan fingerprint density at radius 1 is 1.50 bits per heavy atom. The molecule has 0 radical (unpaired) electrons. The molecule has 1 aliphatic rings. The quantitative estimate of drug-likeness (QED) is 0.903. The molecule has 0 aliphatic carbocycles. The van der Waals surface area contributed by atoms with Crippen molar-refractivity contribution in [1.29, 1.82) is 0 Å². The van der Waals surface area contributed by atoms with Crippen molar-refractivity contribution in [1.82, 2.24) is 10.2 Å². The van der Waals surface area contributed by atoms with Gasteiger partial charge in [-0.2, -0.15) is 0 Å². The summed E-state index contributed by atoms with van der Waals surface area (Å²) >= 11 is 5.90. The monoisotopic (exact) mass is 328 g/mol. The van der Waals surface area contributed by atoms with Gasteiger partial charge in [0.25, 0.3) is 5.91 Å². The van der Waals surface area contributed by atoms with Crippen LogP contribution in [0, 0.1) is 5.82 Å². The van der Waals surface area contributed by atoms with Crippen LogP contribution in [0.2, 0.25) is 5.02 Å². The van der Waals surface area contributed by atoms with E-state index in [-0.39, 0.29) is 17.0 Å². The van der Waals surface area contributed by atoms with Gasteiger partial charge in [0.15, 0.2) is 6.10 Å². The van der Waals surface area contributed by atoms with Gasteiger partial charge in [-0.1, -0.05) is 18.5 Å². The number of amides is 1. The van der Waals surface area contributed by atoms with Crippen LogP contribution in [0.3, 0.4) is 0 Å². The first kappa shape index (κ1) is 17.0. The lowest BCUT2D eigenvalue weighted by Gasteiger charge is -2.32. The molecule has 0 unspecified atom stereocenters. The van der Waals surface area contributed by atoms with Crippen molar-refractivity contribution in [3.05, 3.63) is 29.0 Å². The molecule has 1 fully saturated rings. The van der Waals surface area contributed by atoms with E-state index >= 15 is 0 Å². The van der Waals surface area contributed by atoms with E-state index in [4.69, 9.17) is 16.3 Å². The third-order valence-electron chi connectivity index (χ3n) is 3.95. The molecule has 0 bridgehead atoms. The number of piperidine rings is 1. The van der Waals surface area contributed by atoms with Crippen LogP contribution < -0.4 is 10.1 Å². The highest BCUT2D eigenvalue weighted by Crippen LogP contribution is 2.25. The number of ether oxygens (including phenoxy) is 1. The summed E-state index contributed by atoms with van der Waals surface area (Å²) in [5.41, 5.74) is 0. The first-order chi connectivity index (χ1) is 10.5. The maximum atomic E-state index is 13.0. The Morgan fingerprint density at radius 3 is 2.77 bits per heavy atom. The van der Waals surface area contributed by atoms with Crippen LogP contribution >= 0.6 is 11.6 Å². The minimum absolute atomic E-state index is 0.163. The zero-order valence-electron chi connectivity index (χ0n) is 12.9. The van der Waals surface area contributed by atoms with Crippen molar-refractivity contribution >= 4 is 17.5 Å². The zero-order chi connectivity index (χ0) is 16.1. The standard InChI is InChI=1S/C16H22ClFN2O2/c1-3-20-8-6-13(7-9-20)19-16(21)11(2)22-15-5-4-12(18)10-14(15)17/h4-5,10-11,13H,3,6-9H2,1-2H3,(H,19,21)/t11-/m1/s1. The van der Waals surface area contributed by atoms with Crippen molar-refractivity contribution in [3.63, 3.8) is 0 Å². The molecule has 0 aromatic heterocycles. The lowest BCUT2D eigenvalue weighted by atomic mass is 10.0. The summed E-state index contributed by atoms with van der Waals surface area (Å²) in [4.78, 5) is 14.5. The zero-order valence-corrected chi connectivity index (χ0v) is 13.7. The van der Waals surface area contributed by atoms with Crippen molar-refractivity contribution in [2.45, 2.75) is 38.8 Å². The predicted octanol–water partition coefficient (Wildman–Crippen LogP) is 2.85. The first-order valence-electron chi connectivity index (χ1n) is 7.64. The summed E-state index contributed by atoms with van der Waals surface area (Å²) in [6, 6.07) is 4.04. The minimum Gasteiger partial charge on any atom is -0.479 e. The number of halogens is 2. The summed E-state index contributed by atoms with van der Waals surface area (Å²) in [5.74, 6) is -0.293. The van der Waals surface area contributed by atoms with Crippen LogP contribution in [0.15, 0.2) is 18.2 Å². The highest BCUT2D eigenvalue weighted by atomic mass is 35.5. The molecule has 1 N–H and O–H groups in total. The van der Waals surface area contributed by atoms with E-state index in [1.807, 2.05) is 0 Å². The molecule has 0 saturated carbocycles. The number of nitrogens with one attached hydrogen (secondary N) is 1. The van der Waals surface area contributed by atoms with Crippen molar-refractivity contribution in [3.8, 4) is 5.75 Å². The highest BCUT2D eigenvalue weighted by Gasteiger charge is 2.23. The summed E-state index contributed by atoms with van der Waals surface area (Å²) in [6.07, 6.45) is 1.22. The molecular weight excluding hydrogens is 307 g/mol. The predicted molar refractivity (Wildman–Crippen MR) is 84.8 cm³/mol. The largest absolute Gasteiger partial charge is 0.479 e. The summed E-state index contributed by atoms with van der Waals surface area (Å²) in [6.45, 7) is 6.85. The maximum Gasteiger partial charge on any atom is 0.260 e. The Bertz CT molecular complexity index is 519. The average molecular weight is 329 g/mol. The average Bonchev–Trinajstić information content (AvgIpc) is 2.50. The maximum absolute atomic E-state index is 13.0. The number of likely N-dealkylation sites (tertiary alicyclic amines) is 1. The van der Waals surface area contributed by atoms with Gasteiger partial charge in [-0.15, -0.1) is 0 Å². The number of carbonyl (C=O) groups is 1. The molecule has 0 spiro atoms. The van der Waals surface area contributed by atoms with Gasteiger partial charge in [0.2, 0.25) is 0 Å². The van der Waals surface area contributed by atoms with Gasteiger partial charge >= 0.3 is 0 Å². The molecule has 1 saturated heterocycles. The van der Waals surface area contributed by atoms with Gasteiger partial charge in [-0.05, 0) is 44.5 Å². The van der Waals surface area contributed by atoms with Crippen LogP contribution in [0.5, 0.6) is 5.75 Å². The first-order valence-corrected chi connectivity index (χ1v) is 8.01. The van der Waals surface area contributed by atoms with Crippen LogP contribution in [0.4, 0.5) is 4.39 Å². The number of nitrogens with zero attached hydrogens (tertiary/aromatic N) is 1. The van der Waals surface area contributed by atoms with Crippen molar-refractivity contribution in [2.75, 3.05) is 19.6 Å². The molecule has 22 heavy (non-hydrogen) atoms. The third kappa shape index (κ3) is 4.58. The van der Waals surface area contributed by atoms with Gasteiger partial charge in [0, 0.05) is 19.1 Å². The van der Waals surface area contributed by atoms with Crippen LogP contribution in [-0.2, 0) is 4.79 Å². The Morgan fingerprint density at radius 2 is 2.18 bits per heavy atom. The van der Waals surface area contributed by atoms with E-state index in [9.17, 15) is 9.18 Å². The van der Waals surface area contributed by atoms with Crippen LogP contribution in [0.1, 0.15) is 26.7 Å². The van der Waals surface area contributed by atoms with E-state index < -0.39 is 11.9 Å². The summed E-state index contributed by atoms with van der Waals surface area (Å²) < 4.78 is 18.5. The Labute approximate surface area is 135 Å². The fourth-order valence-corrected chi connectivity index (χ4v) is 2.74. The van der Waals surface area contributed by atoms with E-state index in [0.29, 0.717) is 5.75 Å². The molecule has 1 aromatic carbocycles. The minimum atomic E-state index is -0.674. The van der Waals surface area contributed by atoms with Gasteiger partial charge < -0.3 is 15.0 Å². The van der Waals surface area contributed by atoms with E-state index in [0.717, 1.165) is 32.5 Å². The molecule has 4 nitrogen and oxygen atoms in total. The number of benzene rings is 1. The second kappa shape index (κ2) is 7.79. The number of rotatable bonds is 5. The van der Waals surface area contributed by atoms with E-state index in [1.54, 1.807) is 6.92 Å². The Hall–Kier alpha value is -1.33. The number of hydrogen-bond donors (Lipinski definition) is 1. The Kier molecular flexibility index (Phi) is 6.03. The van der Waals surface area contributed by atoms with Gasteiger partial charge in [-0.25, -0.2) is 4.39 Å². The van der Waals surface area contributed by atoms with Gasteiger partial charge in [-0.3, -0.25) is 4.79 Å². The highest BCUT2D eigenvalue weighted by molar-refractivity contribution is 6.32. The Balaban J connectivity index is 1.84. The molecule has 6 heteroatoms. The molecule has 1 aromatic rings.